The molecule has 1 fully saturated rings. The van der Waals surface area contributed by atoms with Gasteiger partial charge in [-0.15, -0.1) is 0 Å². The van der Waals surface area contributed by atoms with Crippen molar-refractivity contribution < 1.29 is 8.42 Å². The first kappa shape index (κ1) is 15.8. The van der Waals surface area contributed by atoms with Gasteiger partial charge in [-0.25, -0.2) is 8.42 Å². The highest BCUT2D eigenvalue weighted by Gasteiger charge is 2.22. The number of nitrogens with one attached hydrogen (secondary N) is 1. The number of sulfonamides is 1. The number of halogens is 1. The Morgan fingerprint density at radius 1 is 1.15 bits per heavy atom. The molecule has 1 aromatic rings. The van der Waals surface area contributed by atoms with Gasteiger partial charge in [0, 0.05) is 4.47 Å². The van der Waals surface area contributed by atoms with E-state index < -0.39 is 10.0 Å². The summed E-state index contributed by atoms with van der Waals surface area (Å²) in [5.74, 6) is 0.569. The average molecular weight is 360 g/mol. The summed E-state index contributed by atoms with van der Waals surface area (Å²) in [5, 5.41) is 0. The second-order valence-corrected chi connectivity index (χ2v) is 8.48. The third kappa shape index (κ3) is 4.22. The summed E-state index contributed by atoms with van der Waals surface area (Å²) < 4.78 is 28.4. The highest BCUT2D eigenvalue weighted by Crippen LogP contribution is 2.28. The van der Waals surface area contributed by atoms with E-state index in [0.717, 1.165) is 47.0 Å². The fourth-order valence-electron chi connectivity index (χ4n) is 2.93. The van der Waals surface area contributed by atoms with Gasteiger partial charge >= 0.3 is 0 Å². The van der Waals surface area contributed by atoms with Gasteiger partial charge in [-0.05, 0) is 55.9 Å². The average Bonchev–Trinajstić information content (AvgIpc) is 2.34. The van der Waals surface area contributed by atoms with Crippen molar-refractivity contribution in [2.45, 2.75) is 46.0 Å². The molecule has 1 N–H and O–H groups in total. The third-order valence-corrected chi connectivity index (χ3v) is 5.82. The fourth-order valence-corrected chi connectivity index (χ4v) is 5.29. The van der Waals surface area contributed by atoms with Crippen molar-refractivity contribution in [3.8, 4) is 0 Å². The van der Waals surface area contributed by atoms with Gasteiger partial charge in [0.1, 0.15) is 0 Å². The lowest BCUT2D eigenvalue weighted by molar-refractivity contribution is 0.385. The van der Waals surface area contributed by atoms with E-state index in [2.05, 4.69) is 20.7 Å². The molecule has 0 spiro atoms. The predicted molar refractivity (Wildman–Crippen MR) is 87.6 cm³/mol. The SMILES string of the molecule is Cc1cc(Br)cc(C)c1NS(=O)(=O)CC1CCCCC1. The molecule has 20 heavy (non-hydrogen) atoms. The van der Waals surface area contributed by atoms with Crippen LogP contribution in [0.1, 0.15) is 43.2 Å². The Morgan fingerprint density at radius 3 is 2.25 bits per heavy atom. The normalized spacial score (nSPS) is 17.1. The Bertz CT molecular complexity index is 555. The first-order valence-electron chi connectivity index (χ1n) is 7.14. The zero-order valence-corrected chi connectivity index (χ0v) is 14.5. The van der Waals surface area contributed by atoms with Crippen molar-refractivity contribution in [2.24, 2.45) is 5.92 Å². The van der Waals surface area contributed by atoms with Crippen LogP contribution in [0.4, 0.5) is 5.69 Å². The summed E-state index contributed by atoms with van der Waals surface area (Å²) in [6, 6.07) is 3.87. The molecule has 0 unspecified atom stereocenters. The fraction of sp³-hybridized carbons (Fsp3) is 0.600. The van der Waals surface area contributed by atoms with Gasteiger partial charge in [0.05, 0.1) is 11.4 Å². The van der Waals surface area contributed by atoms with Crippen LogP contribution in [0, 0.1) is 19.8 Å². The summed E-state index contributed by atoms with van der Waals surface area (Å²) >= 11 is 3.43. The Hall–Kier alpha value is -0.550. The minimum absolute atomic E-state index is 0.252. The van der Waals surface area contributed by atoms with Crippen LogP contribution in [-0.2, 0) is 10.0 Å². The van der Waals surface area contributed by atoms with Crippen LogP contribution in [0.25, 0.3) is 0 Å². The van der Waals surface area contributed by atoms with Crippen LogP contribution in [0.15, 0.2) is 16.6 Å². The quantitative estimate of drug-likeness (QED) is 0.866. The summed E-state index contributed by atoms with van der Waals surface area (Å²) in [4.78, 5) is 0. The van der Waals surface area contributed by atoms with E-state index in [0.29, 0.717) is 5.92 Å². The van der Waals surface area contributed by atoms with E-state index in [1.54, 1.807) is 0 Å². The number of hydrogen-bond acceptors (Lipinski definition) is 2. The van der Waals surface area contributed by atoms with E-state index in [4.69, 9.17) is 0 Å². The summed E-state index contributed by atoms with van der Waals surface area (Å²) in [7, 11) is -3.26. The molecule has 1 saturated carbocycles. The van der Waals surface area contributed by atoms with Crippen LogP contribution in [0.5, 0.6) is 0 Å². The van der Waals surface area contributed by atoms with E-state index in [1.165, 1.54) is 6.42 Å². The number of aryl methyl sites for hydroxylation is 2. The molecule has 112 valence electrons. The van der Waals surface area contributed by atoms with E-state index >= 15 is 0 Å². The minimum atomic E-state index is -3.26. The maximum atomic E-state index is 12.3. The summed E-state index contributed by atoms with van der Waals surface area (Å²) in [5.41, 5.74) is 2.62. The standard InChI is InChI=1S/C15H22BrNO2S/c1-11-8-14(16)9-12(2)15(11)17-20(18,19)10-13-6-4-3-5-7-13/h8-9,13,17H,3-7,10H2,1-2H3. The van der Waals surface area contributed by atoms with Crippen LogP contribution in [0.2, 0.25) is 0 Å². The van der Waals surface area contributed by atoms with Crippen LogP contribution < -0.4 is 4.72 Å². The van der Waals surface area contributed by atoms with Crippen molar-refractivity contribution >= 4 is 31.6 Å². The number of rotatable bonds is 4. The van der Waals surface area contributed by atoms with Gasteiger partial charge in [0.15, 0.2) is 0 Å². The van der Waals surface area contributed by atoms with Crippen molar-refractivity contribution in [3.63, 3.8) is 0 Å². The number of hydrogen-bond donors (Lipinski definition) is 1. The molecular weight excluding hydrogens is 338 g/mol. The zero-order valence-electron chi connectivity index (χ0n) is 12.1. The molecule has 0 heterocycles. The Morgan fingerprint density at radius 2 is 1.70 bits per heavy atom. The van der Waals surface area contributed by atoms with Gasteiger partial charge in [-0.1, -0.05) is 35.2 Å². The lowest BCUT2D eigenvalue weighted by Crippen LogP contribution is -2.24. The van der Waals surface area contributed by atoms with Gasteiger partial charge in [-0.3, -0.25) is 4.72 Å². The molecule has 3 nitrogen and oxygen atoms in total. The molecule has 0 aliphatic heterocycles. The summed E-state index contributed by atoms with van der Waals surface area (Å²) in [6.07, 6.45) is 5.65. The van der Waals surface area contributed by atoms with Crippen LogP contribution in [-0.4, -0.2) is 14.2 Å². The van der Waals surface area contributed by atoms with Crippen molar-refractivity contribution in [1.82, 2.24) is 0 Å². The Kier molecular flexibility index (Phi) is 5.13. The van der Waals surface area contributed by atoms with E-state index in [9.17, 15) is 8.42 Å². The van der Waals surface area contributed by atoms with Gasteiger partial charge in [0.2, 0.25) is 10.0 Å². The zero-order chi connectivity index (χ0) is 14.8. The molecule has 1 aliphatic carbocycles. The Labute approximate surface area is 130 Å². The minimum Gasteiger partial charge on any atom is -0.283 e. The monoisotopic (exact) mass is 359 g/mol. The number of anilines is 1. The second-order valence-electron chi connectivity index (χ2n) is 5.80. The highest BCUT2D eigenvalue weighted by atomic mass is 79.9. The lowest BCUT2D eigenvalue weighted by atomic mass is 9.91. The highest BCUT2D eigenvalue weighted by molar-refractivity contribution is 9.10. The summed E-state index contributed by atoms with van der Waals surface area (Å²) in [6.45, 7) is 3.85. The second kappa shape index (κ2) is 6.48. The van der Waals surface area contributed by atoms with Crippen molar-refractivity contribution in [2.75, 3.05) is 10.5 Å². The largest absolute Gasteiger partial charge is 0.283 e. The van der Waals surface area contributed by atoms with E-state index in [-0.39, 0.29) is 5.75 Å². The first-order valence-corrected chi connectivity index (χ1v) is 9.59. The van der Waals surface area contributed by atoms with E-state index in [1.807, 2.05) is 26.0 Å². The molecule has 0 atom stereocenters. The third-order valence-electron chi connectivity index (χ3n) is 3.93. The van der Waals surface area contributed by atoms with Gasteiger partial charge in [0.25, 0.3) is 0 Å². The van der Waals surface area contributed by atoms with Gasteiger partial charge < -0.3 is 0 Å². The smallest absolute Gasteiger partial charge is 0.233 e. The molecule has 1 aliphatic rings. The predicted octanol–water partition coefficient (Wildman–Crippen LogP) is 4.39. The molecule has 0 amide bonds. The lowest BCUT2D eigenvalue weighted by Gasteiger charge is -2.22. The number of benzene rings is 1. The topological polar surface area (TPSA) is 46.2 Å². The molecular formula is C15H22BrNO2S. The molecule has 2 rings (SSSR count). The molecule has 0 radical (unpaired) electrons. The molecule has 5 heteroatoms. The van der Waals surface area contributed by atoms with Crippen LogP contribution in [0.3, 0.4) is 0 Å². The van der Waals surface area contributed by atoms with Crippen molar-refractivity contribution in [3.05, 3.63) is 27.7 Å². The van der Waals surface area contributed by atoms with Crippen LogP contribution >= 0.6 is 15.9 Å². The molecule has 0 aromatic heterocycles. The molecule has 0 bridgehead atoms. The maximum absolute atomic E-state index is 12.3. The first-order chi connectivity index (χ1) is 9.37. The molecule has 1 aromatic carbocycles. The molecule has 0 saturated heterocycles. The van der Waals surface area contributed by atoms with Crippen molar-refractivity contribution in [1.29, 1.82) is 0 Å². The maximum Gasteiger partial charge on any atom is 0.233 e. The van der Waals surface area contributed by atoms with Gasteiger partial charge in [-0.2, -0.15) is 0 Å². The Balaban J connectivity index is 2.11.